The molecule has 1 aromatic heterocycles. The number of halogens is 1. The number of para-hydroxylation sites is 1. The van der Waals surface area contributed by atoms with Crippen molar-refractivity contribution in [2.24, 2.45) is 0 Å². The van der Waals surface area contributed by atoms with Gasteiger partial charge in [-0.3, -0.25) is 15.6 Å². The molecule has 20 heavy (non-hydrogen) atoms. The molecule has 1 heterocycles. The van der Waals surface area contributed by atoms with Crippen LogP contribution in [-0.4, -0.2) is 21.6 Å². The molecular weight excluding hydrogens is 296 g/mol. The monoisotopic (exact) mass is 308 g/mol. The highest BCUT2D eigenvalue weighted by atomic mass is 35.5. The highest BCUT2D eigenvalue weighted by Gasteiger charge is 2.14. The van der Waals surface area contributed by atoms with Gasteiger partial charge in [0, 0.05) is 0 Å². The Morgan fingerprint density at radius 1 is 1.35 bits per heavy atom. The molecule has 2 aromatic rings. The van der Waals surface area contributed by atoms with Gasteiger partial charge >= 0.3 is 0 Å². The summed E-state index contributed by atoms with van der Waals surface area (Å²) in [6, 6.07) is 9.29. The molecule has 0 unspecified atom stereocenters. The first kappa shape index (κ1) is 14.6. The van der Waals surface area contributed by atoms with Crippen molar-refractivity contribution in [3.63, 3.8) is 0 Å². The number of nitrogens with one attached hydrogen (secondary N) is 2. The Bertz CT molecular complexity index is 594. The Balaban J connectivity index is 2.06. The summed E-state index contributed by atoms with van der Waals surface area (Å²) in [7, 11) is 0. The fourth-order valence-corrected chi connectivity index (χ4v) is 2.14. The third-order valence-electron chi connectivity index (χ3n) is 2.30. The smallest absolute Gasteiger partial charge is 0.289 e. The van der Waals surface area contributed by atoms with Crippen LogP contribution in [0, 0.1) is 0 Å². The highest BCUT2D eigenvalue weighted by Crippen LogP contribution is 2.18. The summed E-state index contributed by atoms with van der Waals surface area (Å²) in [6.45, 7) is 1.99. The molecule has 5 nitrogen and oxygen atoms in total. The normalized spacial score (nSPS) is 10.1. The minimum Gasteiger partial charge on any atom is -0.298 e. The van der Waals surface area contributed by atoms with Gasteiger partial charge in [-0.25, -0.2) is 9.97 Å². The van der Waals surface area contributed by atoms with Crippen LogP contribution in [0.15, 0.2) is 41.7 Å². The predicted molar refractivity (Wildman–Crippen MR) is 81.0 cm³/mol. The van der Waals surface area contributed by atoms with E-state index in [4.69, 9.17) is 11.6 Å². The second kappa shape index (κ2) is 7.12. The maximum absolute atomic E-state index is 12.0. The first-order valence-electron chi connectivity index (χ1n) is 5.97. The first-order valence-corrected chi connectivity index (χ1v) is 7.33. The lowest BCUT2D eigenvalue weighted by Gasteiger charge is -2.09. The standard InChI is InChI=1S/C13H13ClN4OS/c1-2-20-13-15-8-10(14)11(16-13)12(19)18-17-9-6-4-3-5-7-9/h3-8,17H,2H2,1H3,(H,18,19). The zero-order chi connectivity index (χ0) is 14.4. The van der Waals surface area contributed by atoms with E-state index in [2.05, 4.69) is 20.8 Å². The van der Waals surface area contributed by atoms with Crippen molar-refractivity contribution in [2.75, 3.05) is 11.2 Å². The summed E-state index contributed by atoms with van der Waals surface area (Å²) in [5.41, 5.74) is 6.27. The molecule has 0 aliphatic carbocycles. The maximum atomic E-state index is 12.0. The number of hydrogen-bond acceptors (Lipinski definition) is 5. The van der Waals surface area contributed by atoms with Gasteiger partial charge in [0.05, 0.1) is 16.9 Å². The number of carbonyl (C=O) groups is 1. The number of nitrogens with zero attached hydrogens (tertiary/aromatic N) is 2. The van der Waals surface area contributed by atoms with Gasteiger partial charge in [0.15, 0.2) is 10.9 Å². The number of benzene rings is 1. The third kappa shape index (κ3) is 3.85. The number of hydrazine groups is 1. The lowest BCUT2D eigenvalue weighted by Crippen LogP contribution is -2.30. The van der Waals surface area contributed by atoms with Crippen LogP contribution in [0.3, 0.4) is 0 Å². The number of carbonyl (C=O) groups excluding carboxylic acids is 1. The molecule has 0 fully saturated rings. The number of aromatic nitrogens is 2. The third-order valence-corrected chi connectivity index (χ3v) is 3.32. The quantitative estimate of drug-likeness (QED) is 0.505. The van der Waals surface area contributed by atoms with Crippen LogP contribution in [-0.2, 0) is 0 Å². The van der Waals surface area contributed by atoms with Gasteiger partial charge in [0.2, 0.25) is 0 Å². The average Bonchev–Trinajstić information content (AvgIpc) is 2.48. The van der Waals surface area contributed by atoms with E-state index in [1.54, 1.807) is 0 Å². The lowest BCUT2D eigenvalue weighted by molar-refractivity contribution is 0.0957. The second-order valence-corrected chi connectivity index (χ2v) is 5.37. The molecule has 0 atom stereocenters. The molecule has 104 valence electrons. The topological polar surface area (TPSA) is 66.9 Å². The number of amides is 1. The fourth-order valence-electron chi connectivity index (χ4n) is 1.42. The van der Waals surface area contributed by atoms with Crippen molar-refractivity contribution in [1.29, 1.82) is 0 Å². The van der Waals surface area contributed by atoms with Gasteiger partial charge in [-0.05, 0) is 17.9 Å². The zero-order valence-corrected chi connectivity index (χ0v) is 12.3. The second-order valence-electron chi connectivity index (χ2n) is 3.73. The summed E-state index contributed by atoms with van der Waals surface area (Å²) >= 11 is 7.40. The minimum atomic E-state index is -0.404. The van der Waals surface area contributed by atoms with E-state index >= 15 is 0 Å². The molecular formula is C13H13ClN4OS. The summed E-state index contributed by atoms with van der Waals surface area (Å²) in [6.07, 6.45) is 1.43. The summed E-state index contributed by atoms with van der Waals surface area (Å²) in [5, 5.41) is 0.750. The molecule has 0 aliphatic rings. The van der Waals surface area contributed by atoms with Gasteiger partial charge < -0.3 is 0 Å². The summed E-state index contributed by atoms with van der Waals surface area (Å²) < 4.78 is 0. The van der Waals surface area contributed by atoms with Gasteiger partial charge in [-0.15, -0.1) is 0 Å². The fraction of sp³-hybridized carbons (Fsp3) is 0.154. The minimum absolute atomic E-state index is 0.154. The van der Waals surface area contributed by atoms with Crippen molar-refractivity contribution < 1.29 is 4.79 Å². The lowest BCUT2D eigenvalue weighted by atomic mass is 10.3. The molecule has 2 rings (SSSR count). The van der Waals surface area contributed by atoms with E-state index < -0.39 is 5.91 Å². The molecule has 7 heteroatoms. The van der Waals surface area contributed by atoms with Gasteiger partial charge in [-0.2, -0.15) is 0 Å². The summed E-state index contributed by atoms with van der Waals surface area (Å²) in [4.78, 5) is 20.2. The average molecular weight is 309 g/mol. The van der Waals surface area contributed by atoms with Gasteiger partial charge in [-0.1, -0.05) is 48.5 Å². The Morgan fingerprint density at radius 2 is 2.10 bits per heavy atom. The molecule has 0 saturated heterocycles. The largest absolute Gasteiger partial charge is 0.298 e. The molecule has 0 aliphatic heterocycles. The Hall–Kier alpha value is -1.79. The molecule has 0 saturated carbocycles. The van der Waals surface area contributed by atoms with Gasteiger partial charge in [0.25, 0.3) is 5.91 Å². The Kier molecular flexibility index (Phi) is 5.20. The van der Waals surface area contributed by atoms with E-state index in [1.807, 2.05) is 37.3 Å². The van der Waals surface area contributed by atoms with Crippen LogP contribution in [0.1, 0.15) is 17.4 Å². The molecule has 0 spiro atoms. The first-order chi connectivity index (χ1) is 9.70. The van der Waals surface area contributed by atoms with Crippen LogP contribution in [0.4, 0.5) is 5.69 Å². The number of thioether (sulfide) groups is 1. The summed E-state index contributed by atoms with van der Waals surface area (Å²) in [5.74, 6) is 0.421. The number of rotatable bonds is 5. The van der Waals surface area contributed by atoms with Crippen molar-refractivity contribution in [1.82, 2.24) is 15.4 Å². The Morgan fingerprint density at radius 3 is 2.80 bits per heavy atom. The van der Waals surface area contributed by atoms with Crippen molar-refractivity contribution in [2.45, 2.75) is 12.1 Å². The van der Waals surface area contributed by atoms with Crippen molar-refractivity contribution >= 4 is 35.0 Å². The SMILES string of the molecule is CCSc1ncc(Cl)c(C(=O)NNc2ccccc2)n1. The molecule has 1 aromatic carbocycles. The van der Waals surface area contributed by atoms with Crippen LogP contribution in [0.2, 0.25) is 5.02 Å². The van der Waals surface area contributed by atoms with Crippen LogP contribution in [0.5, 0.6) is 0 Å². The van der Waals surface area contributed by atoms with E-state index in [9.17, 15) is 4.79 Å². The van der Waals surface area contributed by atoms with E-state index in [0.29, 0.717) is 5.16 Å². The van der Waals surface area contributed by atoms with Crippen LogP contribution < -0.4 is 10.9 Å². The van der Waals surface area contributed by atoms with Crippen molar-refractivity contribution in [3.05, 3.63) is 47.2 Å². The number of hydrogen-bond donors (Lipinski definition) is 2. The molecule has 1 amide bonds. The van der Waals surface area contributed by atoms with Crippen LogP contribution in [0.25, 0.3) is 0 Å². The van der Waals surface area contributed by atoms with Gasteiger partial charge in [0.1, 0.15) is 0 Å². The molecule has 0 bridgehead atoms. The van der Waals surface area contributed by atoms with E-state index in [-0.39, 0.29) is 10.7 Å². The maximum Gasteiger partial charge on any atom is 0.289 e. The highest BCUT2D eigenvalue weighted by molar-refractivity contribution is 7.99. The van der Waals surface area contributed by atoms with E-state index in [1.165, 1.54) is 18.0 Å². The van der Waals surface area contributed by atoms with Crippen LogP contribution >= 0.6 is 23.4 Å². The predicted octanol–water partition coefficient (Wildman–Crippen LogP) is 3.00. The zero-order valence-electron chi connectivity index (χ0n) is 10.8. The van der Waals surface area contributed by atoms with E-state index in [0.717, 1.165) is 11.4 Å². The molecule has 2 N–H and O–H groups in total. The molecule has 0 radical (unpaired) electrons. The number of anilines is 1. The van der Waals surface area contributed by atoms with Crippen molar-refractivity contribution in [3.8, 4) is 0 Å². The Labute approximate surface area is 126 Å².